The molecule has 0 saturated heterocycles. The molecule has 6 nitrogen and oxygen atoms in total. The lowest BCUT2D eigenvalue weighted by molar-refractivity contribution is -0.128. The summed E-state index contributed by atoms with van der Waals surface area (Å²) >= 11 is 1.64. The molecule has 0 aliphatic carbocycles. The molecule has 0 aliphatic heterocycles. The van der Waals surface area contributed by atoms with Crippen LogP contribution in [-0.4, -0.2) is 54.7 Å². The fourth-order valence-electron chi connectivity index (χ4n) is 2.79. The average Bonchev–Trinajstić information content (AvgIpc) is 2.75. The van der Waals surface area contributed by atoms with E-state index in [2.05, 4.69) is 20.6 Å². The van der Waals surface area contributed by atoms with E-state index >= 15 is 0 Å². The summed E-state index contributed by atoms with van der Waals surface area (Å²) in [5, 5.41) is 6.23. The first-order valence-corrected chi connectivity index (χ1v) is 11.3. The van der Waals surface area contributed by atoms with Gasteiger partial charge < -0.3 is 15.5 Å². The van der Waals surface area contributed by atoms with Gasteiger partial charge in [0.05, 0.1) is 13.1 Å². The van der Waals surface area contributed by atoms with Crippen LogP contribution in [0, 0.1) is 5.82 Å². The van der Waals surface area contributed by atoms with E-state index in [1.54, 1.807) is 42.0 Å². The summed E-state index contributed by atoms with van der Waals surface area (Å²) in [5.74, 6) is 1.02. The lowest BCUT2D eigenvalue weighted by Gasteiger charge is -2.18. The van der Waals surface area contributed by atoms with Crippen molar-refractivity contribution in [3.63, 3.8) is 0 Å². The molecule has 1 aromatic heterocycles. The molecule has 9 heteroatoms. The minimum Gasteiger partial charge on any atom is -0.357 e. The molecule has 2 N–H and O–H groups in total. The Morgan fingerprint density at radius 2 is 2.03 bits per heavy atom. The molecule has 2 aromatic rings. The van der Waals surface area contributed by atoms with Gasteiger partial charge in [-0.1, -0.05) is 12.1 Å². The number of carbonyl (C=O) groups is 1. The maximum absolute atomic E-state index is 13.5. The minimum atomic E-state index is -0.240. The number of nitrogens with zero attached hydrogens (tertiary/aromatic N) is 3. The Bertz CT molecular complexity index is 838. The van der Waals surface area contributed by atoms with Gasteiger partial charge in [0.25, 0.3) is 0 Å². The highest BCUT2D eigenvalue weighted by Crippen LogP contribution is 2.17. The molecular formula is C22H31FIN5OS. The molecule has 2 rings (SSSR count). The van der Waals surface area contributed by atoms with Crippen LogP contribution in [0.3, 0.4) is 0 Å². The Morgan fingerprint density at radius 3 is 2.71 bits per heavy atom. The highest BCUT2D eigenvalue weighted by atomic mass is 127. The number of hydrogen-bond donors (Lipinski definition) is 2. The highest BCUT2D eigenvalue weighted by molar-refractivity contribution is 14.0. The Morgan fingerprint density at radius 1 is 1.23 bits per heavy atom. The first kappa shape index (κ1) is 27.2. The molecule has 170 valence electrons. The van der Waals surface area contributed by atoms with Crippen molar-refractivity contribution in [2.75, 3.05) is 32.9 Å². The van der Waals surface area contributed by atoms with E-state index in [-0.39, 0.29) is 42.2 Å². The van der Waals surface area contributed by atoms with Crippen molar-refractivity contribution < 1.29 is 9.18 Å². The number of carbonyl (C=O) groups excluding carboxylic acids is 1. The summed E-state index contributed by atoms with van der Waals surface area (Å²) in [7, 11) is 1.78. The summed E-state index contributed by atoms with van der Waals surface area (Å²) in [5.41, 5.74) is 2.87. The van der Waals surface area contributed by atoms with E-state index < -0.39 is 0 Å². The van der Waals surface area contributed by atoms with Crippen LogP contribution in [0.4, 0.5) is 4.39 Å². The van der Waals surface area contributed by atoms with Crippen LogP contribution in [0.1, 0.15) is 23.7 Å². The normalized spacial score (nSPS) is 10.9. The predicted molar refractivity (Wildman–Crippen MR) is 137 cm³/mol. The second-order valence-corrected chi connectivity index (χ2v) is 7.65. The van der Waals surface area contributed by atoms with Crippen LogP contribution in [-0.2, 0) is 23.5 Å². The van der Waals surface area contributed by atoms with Gasteiger partial charge in [0.1, 0.15) is 5.82 Å². The topological polar surface area (TPSA) is 69.6 Å². The second-order valence-electron chi connectivity index (χ2n) is 6.78. The van der Waals surface area contributed by atoms with Gasteiger partial charge in [0.15, 0.2) is 5.96 Å². The lowest BCUT2D eigenvalue weighted by atomic mass is 10.1. The Balaban J connectivity index is 0.00000480. The molecule has 0 unspecified atom stereocenters. The average molecular weight is 559 g/mol. The van der Waals surface area contributed by atoms with Crippen molar-refractivity contribution in [2.24, 2.45) is 4.99 Å². The Labute approximate surface area is 205 Å². The van der Waals surface area contributed by atoms with Crippen molar-refractivity contribution >= 4 is 47.6 Å². The van der Waals surface area contributed by atoms with Crippen LogP contribution in [0.25, 0.3) is 0 Å². The maximum Gasteiger partial charge on any atom is 0.241 e. The van der Waals surface area contributed by atoms with E-state index in [9.17, 15) is 9.18 Å². The maximum atomic E-state index is 13.5. The van der Waals surface area contributed by atoms with Crippen LogP contribution in [0.15, 0.2) is 47.6 Å². The largest absolute Gasteiger partial charge is 0.357 e. The molecule has 31 heavy (non-hydrogen) atoms. The molecule has 0 saturated carbocycles. The Hall–Kier alpha value is -1.88. The first-order chi connectivity index (χ1) is 14.5. The number of nitrogens with one attached hydrogen (secondary N) is 2. The number of halogens is 2. The molecule has 0 aliphatic rings. The zero-order chi connectivity index (χ0) is 21.8. The quantitative estimate of drug-likeness (QED) is 0.265. The zero-order valence-corrected chi connectivity index (χ0v) is 21.4. The van der Waals surface area contributed by atoms with Crippen molar-refractivity contribution in [1.29, 1.82) is 0 Å². The SMILES string of the molecule is CCNC(=NCc1ccc(F)cc1CSC)NCC(=O)N(C)CCc1ccccn1.I. The fourth-order valence-corrected chi connectivity index (χ4v) is 3.37. The third-order valence-corrected chi connectivity index (χ3v) is 5.08. The Kier molecular flexibility index (Phi) is 13.1. The first-order valence-electron chi connectivity index (χ1n) is 9.95. The van der Waals surface area contributed by atoms with Crippen molar-refractivity contribution in [1.82, 2.24) is 20.5 Å². The molecule has 1 amide bonds. The van der Waals surface area contributed by atoms with E-state index in [0.717, 1.165) is 22.6 Å². The highest BCUT2D eigenvalue weighted by Gasteiger charge is 2.10. The predicted octanol–water partition coefficient (Wildman–Crippen LogP) is 3.46. The van der Waals surface area contributed by atoms with Gasteiger partial charge in [-0.2, -0.15) is 11.8 Å². The van der Waals surface area contributed by atoms with Gasteiger partial charge >= 0.3 is 0 Å². The number of guanidine groups is 1. The van der Waals surface area contributed by atoms with Gasteiger partial charge in [0, 0.05) is 44.2 Å². The van der Waals surface area contributed by atoms with E-state index in [0.29, 0.717) is 32.0 Å². The van der Waals surface area contributed by atoms with Crippen molar-refractivity contribution in [3.05, 3.63) is 65.2 Å². The molecule has 0 atom stereocenters. The van der Waals surface area contributed by atoms with E-state index in [4.69, 9.17) is 0 Å². The van der Waals surface area contributed by atoms with Crippen molar-refractivity contribution in [2.45, 2.75) is 25.6 Å². The zero-order valence-electron chi connectivity index (χ0n) is 18.2. The van der Waals surface area contributed by atoms with Gasteiger partial charge in [0.2, 0.25) is 5.91 Å². The number of rotatable bonds is 10. The summed E-state index contributed by atoms with van der Waals surface area (Å²) in [6, 6.07) is 10.5. The van der Waals surface area contributed by atoms with Crippen molar-refractivity contribution in [3.8, 4) is 0 Å². The number of thioether (sulfide) groups is 1. The molecule has 1 heterocycles. The molecular weight excluding hydrogens is 528 g/mol. The van der Waals surface area contributed by atoms with Gasteiger partial charge in [-0.25, -0.2) is 9.38 Å². The lowest BCUT2D eigenvalue weighted by Crippen LogP contribution is -2.44. The standard InChI is InChI=1S/C22H30FN5OS.HI/c1-4-24-22(26-14-17-8-9-19(23)13-18(17)16-30-3)27-15-21(29)28(2)12-10-20-7-5-6-11-25-20;/h5-9,11,13H,4,10,12,14-16H2,1-3H3,(H2,24,26,27);1H. The molecule has 0 spiro atoms. The number of aliphatic imine (C=N–C) groups is 1. The monoisotopic (exact) mass is 559 g/mol. The summed E-state index contributed by atoms with van der Waals surface area (Å²) in [6.45, 7) is 3.80. The summed E-state index contributed by atoms with van der Waals surface area (Å²) < 4.78 is 13.5. The minimum absolute atomic E-state index is 0. The number of likely N-dealkylation sites (N-methyl/N-ethyl adjacent to an activating group) is 1. The van der Waals surface area contributed by atoms with Gasteiger partial charge in [-0.3, -0.25) is 9.78 Å². The number of aromatic nitrogens is 1. The second kappa shape index (κ2) is 15.0. The van der Waals surface area contributed by atoms with E-state index in [1.807, 2.05) is 31.4 Å². The molecule has 0 fully saturated rings. The van der Waals surface area contributed by atoms with Crippen LogP contribution in [0.5, 0.6) is 0 Å². The van der Waals surface area contributed by atoms with Gasteiger partial charge in [-0.15, -0.1) is 24.0 Å². The van der Waals surface area contributed by atoms with Crippen LogP contribution >= 0.6 is 35.7 Å². The third-order valence-electron chi connectivity index (χ3n) is 4.48. The number of benzene rings is 1. The number of hydrogen-bond acceptors (Lipinski definition) is 4. The molecule has 0 radical (unpaired) electrons. The number of pyridine rings is 1. The number of amides is 1. The van der Waals surface area contributed by atoms with Crippen LogP contribution < -0.4 is 10.6 Å². The van der Waals surface area contributed by atoms with Gasteiger partial charge in [-0.05, 0) is 48.6 Å². The summed E-state index contributed by atoms with van der Waals surface area (Å²) in [4.78, 5) is 23.0. The summed E-state index contributed by atoms with van der Waals surface area (Å²) in [6.07, 6.45) is 4.45. The van der Waals surface area contributed by atoms with Crippen LogP contribution in [0.2, 0.25) is 0 Å². The molecule has 1 aromatic carbocycles. The molecule has 0 bridgehead atoms. The smallest absolute Gasteiger partial charge is 0.241 e. The third kappa shape index (κ3) is 9.86. The fraction of sp³-hybridized carbons (Fsp3) is 0.409. The van der Waals surface area contributed by atoms with E-state index in [1.165, 1.54) is 6.07 Å².